The molecule has 1 unspecified atom stereocenters. The molecule has 0 saturated heterocycles. The molecule has 0 saturated carbocycles. The predicted octanol–water partition coefficient (Wildman–Crippen LogP) is 4.64. The number of aryl methyl sites for hydroxylation is 1. The van der Waals surface area contributed by atoms with Gasteiger partial charge in [0.15, 0.2) is 6.61 Å². The van der Waals surface area contributed by atoms with Gasteiger partial charge in [0.1, 0.15) is 24.5 Å². The van der Waals surface area contributed by atoms with Crippen molar-refractivity contribution in [3.8, 4) is 6.07 Å². The fraction of sp³-hybridized carbons (Fsp3) is 0.241. The van der Waals surface area contributed by atoms with E-state index in [9.17, 15) is 18.8 Å². The number of halogens is 1. The number of ether oxygens (including phenoxy) is 2. The van der Waals surface area contributed by atoms with E-state index in [1.54, 1.807) is 42.5 Å². The van der Waals surface area contributed by atoms with Crippen molar-refractivity contribution in [2.45, 2.75) is 31.9 Å². The Labute approximate surface area is 220 Å². The van der Waals surface area contributed by atoms with Crippen LogP contribution in [0.15, 0.2) is 78.9 Å². The summed E-state index contributed by atoms with van der Waals surface area (Å²) in [7, 11) is 1.45. The minimum Gasteiger partial charge on any atom is -0.449 e. The highest BCUT2D eigenvalue weighted by molar-refractivity contribution is 5.92. The van der Waals surface area contributed by atoms with Gasteiger partial charge in [0.2, 0.25) is 5.91 Å². The number of esters is 1. The number of amides is 2. The number of hydrogen-bond donors (Lipinski definition) is 1. The zero-order valence-electron chi connectivity index (χ0n) is 20.9. The molecule has 38 heavy (non-hydrogen) atoms. The number of carbonyl (C=O) groups is 3. The van der Waals surface area contributed by atoms with E-state index in [2.05, 4.69) is 5.32 Å². The number of anilines is 1. The van der Waals surface area contributed by atoms with Gasteiger partial charge in [0.05, 0.1) is 6.42 Å². The van der Waals surface area contributed by atoms with Gasteiger partial charge in [-0.1, -0.05) is 54.6 Å². The van der Waals surface area contributed by atoms with E-state index in [1.807, 2.05) is 30.3 Å². The molecule has 9 heteroatoms. The lowest BCUT2D eigenvalue weighted by atomic mass is 10.0. The number of hydrogen-bond acceptors (Lipinski definition) is 6. The molecule has 2 amide bonds. The van der Waals surface area contributed by atoms with E-state index < -0.39 is 24.7 Å². The lowest BCUT2D eigenvalue weighted by Gasteiger charge is -2.25. The summed E-state index contributed by atoms with van der Waals surface area (Å²) in [6.45, 7) is -0.456. The number of rotatable bonds is 11. The van der Waals surface area contributed by atoms with Crippen LogP contribution in [0.3, 0.4) is 0 Å². The second-order valence-electron chi connectivity index (χ2n) is 8.52. The molecule has 0 fully saturated rings. The van der Waals surface area contributed by atoms with Crippen LogP contribution in [-0.4, -0.2) is 42.6 Å². The van der Waals surface area contributed by atoms with Crippen LogP contribution in [0.4, 0.5) is 14.9 Å². The molecule has 0 aromatic heterocycles. The molecule has 0 spiro atoms. The molecule has 196 valence electrons. The lowest BCUT2D eigenvalue weighted by Crippen LogP contribution is -2.44. The molecule has 0 aliphatic carbocycles. The highest BCUT2D eigenvalue weighted by Crippen LogP contribution is 2.15. The first-order chi connectivity index (χ1) is 18.4. The zero-order chi connectivity index (χ0) is 27.3. The Bertz CT molecular complexity index is 1260. The first kappa shape index (κ1) is 27.9. The van der Waals surface area contributed by atoms with Crippen molar-refractivity contribution in [3.05, 3.63) is 101 Å². The molecule has 0 aliphatic heterocycles. The minimum atomic E-state index is -0.922. The van der Waals surface area contributed by atoms with Crippen molar-refractivity contribution in [3.63, 3.8) is 0 Å². The number of nitrogens with zero attached hydrogens (tertiary/aromatic N) is 2. The Kier molecular flexibility index (Phi) is 10.4. The van der Waals surface area contributed by atoms with E-state index >= 15 is 0 Å². The zero-order valence-corrected chi connectivity index (χ0v) is 20.9. The van der Waals surface area contributed by atoms with Crippen molar-refractivity contribution in [2.24, 2.45) is 0 Å². The van der Waals surface area contributed by atoms with Gasteiger partial charge in [-0.3, -0.25) is 9.69 Å². The first-order valence-corrected chi connectivity index (χ1v) is 12.0. The standard InChI is InChI=1S/C29H28FN3O5/c1-33(26(28(35)37-18-17-31)16-11-21-5-3-2-4-6-21)29(36)38-20-23-9-14-25(15-10-23)32-27(34)19-22-7-12-24(30)13-8-22/h2-10,12-15,26H,11,16,18-20H2,1H3,(H,32,34). The van der Waals surface area contributed by atoms with E-state index in [-0.39, 0.29) is 24.8 Å². The van der Waals surface area contributed by atoms with E-state index in [0.717, 1.165) is 5.56 Å². The van der Waals surface area contributed by atoms with Gasteiger partial charge in [0.25, 0.3) is 0 Å². The molecule has 8 nitrogen and oxygen atoms in total. The van der Waals surface area contributed by atoms with Gasteiger partial charge in [-0.25, -0.2) is 14.0 Å². The molecular weight excluding hydrogens is 489 g/mol. The van der Waals surface area contributed by atoms with Crippen molar-refractivity contribution in [1.82, 2.24) is 4.90 Å². The van der Waals surface area contributed by atoms with Crippen LogP contribution in [0.25, 0.3) is 0 Å². The second-order valence-corrected chi connectivity index (χ2v) is 8.52. The average Bonchev–Trinajstić information content (AvgIpc) is 2.93. The van der Waals surface area contributed by atoms with Gasteiger partial charge in [0, 0.05) is 12.7 Å². The van der Waals surface area contributed by atoms with E-state index in [4.69, 9.17) is 14.7 Å². The first-order valence-electron chi connectivity index (χ1n) is 12.0. The van der Waals surface area contributed by atoms with Gasteiger partial charge < -0.3 is 14.8 Å². The Balaban J connectivity index is 1.52. The fourth-order valence-electron chi connectivity index (χ4n) is 3.67. The highest BCUT2D eigenvalue weighted by Gasteiger charge is 2.29. The third-order valence-electron chi connectivity index (χ3n) is 5.73. The SMILES string of the molecule is CN(C(=O)OCc1ccc(NC(=O)Cc2ccc(F)cc2)cc1)C(CCc1ccccc1)C(=O)OCC#N. The largest absolute Gasteiger partial charge is 0.449 e. The molecule has 3 aromatic rings. The third-order valence-corrected chi connectivity index (χ3v) is 5.73. The van der Waals surface area contributed by atoms with Crippen molar-refractivity contribution < 1.29 is 28.2 Å². The summed E-state index contributed by atoms with van der Waals surface area (Å²) < 4.78 is 23.4. The van der Waals surface area contributed by atoms with Crippen LogP contribution >= 0.6 is 0 Å². The number of likely N-dealkylation sites (N-methyl/N-ethyl adjacent to an activating group) is 1. The summed E-state index contributed by atoms with van der Waals surface area (Å²) >= 11 is 0. The number of carbonyl (C=O) groups excluding carboxylic acids is 3. The van der Waals surface area contributed by atoms with Gasteiger partial charge >= 0.3 is 12.1 Å². The summed E-state index contributed by atoms with van der Waals surface area (Å²) in [5, 5.41) is 11.5. The normalized spacial score (nSPS) is 11.1. The van der Waals surface area contributed by atoms with E-state index in [1.165, 1.54) is 24.1 Å². The topological polar surface area (TPSA) is 109 Å². The molecule has 3 rings (SSSR count). The van der Waals surface area contributed by atoms with Gasteiger partial charge in [-0.05, 0) is 53.8 Å². The maximum atomic E-state index is 13.0. The molecule has 1 atom stereocenters. The minimum absolute atomic E-state index is 0.0500. The summed E-state index contributed by atoms with van der Waals surface area (Å²) in [5.74, 6) is -1.29. The quantitative estimate of drug-likeness (QED) is 0.371. The maximum absolute atomic E-state index is 13.0. The monoisotopic (exact) mass is 517 g/mol. The van der Waals surface area contributed by atoms with Crippen LogP contribution in [-0.2, 0) is 38.5 Å². The lowest BCUT2D eigenvalue weighted by molar-refractivity contribution is -0.147. The Morgan fingerprint density at radius 3 is 2.24 bits per heavy atom. The molecular formula is C29H28FN3O5. The molecule has 0 radical (unpaired) electrons. The molecule has 0 aliphatic rings. The molecule has 0 bridgehead atoms. The predicted molar refractivity (Wildman–Crippen MR) is 138 cm³/mol. The van der Waals surface area contributed by atoms with Crippen LogP contribution in [0.5, 0.6) is 0 Å². The smallest absolute Gasteiger partial charge is 0.410 e. The van der Waals surface area contributed by atoms with Crippen molar-refractivity contribution >= 4 is 23.7 Å². The number of benzene rings is 3. The second kappa shape index (κ2) is 14.1. The average molecular weight is 518 g/mol. The molecule has 3 aromatic carbocycles. The Morgan fingerprint density at radius 2 is 1.58 bits per heavy atom. The highest BCUT2D eigenvalue weighted by atomic mass is 19.1. The molecule has 1 N–H and O–H groups in total. The van der Waals surface area contributed by atoms with Crippen LogP contribution in [0.2, 0.25) is 0 Å². The maximum Gasteiger partial charge on any atom is 0.410 e. The van der Waals surface area contributed by atoms with Crippen molar-refractivity contribution in [1.29, 1.82) is 5.26 Å². The van der Waals surface area contributed by atoms with Crippen LogP contribution in [0.1, 0.15) is 23.1 Å². The Morgan fingerprint density at radius 1 is 0.921 bits per heavy atom. The summed E-state index contributed by atoms with van der Waals surface area (Å²) in [6, 6.07) is 22.8. The molecule has 0 heterocycles. The Hall–Kier alpha value is -4.71. The fourth-order valence-corrected chi connectivity index (χ4v) is 3.67. The van der Waals surface area contributed by atoms with Crippen molar-refractivity contribution in [2.75, 3.05) is 19.0 Å². The summed E-state index contributed by atoms with van der Waals surface area (Å²) in [5.41, 5.74) is 2.93. The number of nitriles is 1. The summed E-state index contributed by atoms with van der Waals surface area (Å²) in [4.78, 5) is 38.6. The summed E-state index contributed by atoms with van der Waals surface area (Å²) in [6.07, 6.45) is 0.216. The van der Waals surface area contributed by atoms with Crippen LogP contribution in [0, 0.1) is 17.1 Å². The van der Waals surface area contributed by atoms with Gasteiger partial charge in [-0.15, -0.1) is 0 Å². The van der Waals surface area contributed by atoms with Crippen LogP contribution < -0.4 is 5.32 Å². The third kappa shape index (κ3) is 8.75. The van der Waals surface area contributed by atoms with Gasteiger partial charge in [-0.2, -0.15) is 5.26 Å². The number of nitrogens with one attached hydrogen (secondary N) is 1. The van der Waals surface area contributed by atoms with E-state index in [0.29, 0.717) is 29.7 Å².